The molecule has 6 fully saturated rings. The Labute approximate surface area is 276 Å². The van der Waals surface area contributed by atoms with E-state index in [2.05, 4.69) is 53.7 Å². The van der Waals surface area contributed by atoms with Crippen molar-refractivity contribution < 1.29 is 13.9 Å². The summed E-state index contributed by atoms with van der Waals surface area (Å²) in [5.41, 5.74) is 2.81. The number of halogens is 1. The Kier molecular flexibility index (Phi) is 7.24. The molecule has 0 amide bonds. The van der Waals surface area contributed by atoms with Gasteiger partial charge >= 0.3 is 0 Å². The number of ether oxygens (including phenoxy) is 2. The summed E-state index contributed by atoms with van der Waals surface area (Å²) in [7, 11) is 0. The molecular weight excluding hydrogens is 595 g/mol. The SMILES string of the molecule is CC(C)[C@H](C1CC(N2CC3(CCCO3)C2)C1)N1CC2(CCN(c3ncnnc3Oc3ccc(F)cc3-c3cncnc3C3CC3)C2)C1. The number of rotatable bonds is 9. The van der Waals surface area contributed by atoms with Crippen LogP contribution in [-0.4, -0.2) is 98.5 Å². The van der Waals surface area contributed by atoms with E-state index in [-0.39, 0.29) is 16.8 Å². The van der Waals surface area contributed by atoms with Gasteiger partial charge in [-0.2, -0.15) is 0 Å². The molecule has 0 radical (unpaired) electrons. The quantitative estimate of drug-likeness (QED) is 0.306. The lowest BCUT2D eigenvalue weighted by Crippen LogP contribution is -2.69. The minimum Gasteiger partial charge on any atom is -0.434 e. The lowest BCUT2D eigenvalue weighted by Gasteiger charge is -2.60. The molecule has 9 rings (SSSR count). The van der Waals surface area contributed by atoms with Gasteiger partial charge in [0.15, 0.2) is 5.82 Å². The van der Waals surface area contributed by atoms with Gasteiger partial charge < -0.3 is 14.4 Å². The minimum atomic E-state index is -0.337. The van der Waals surface area contributed by atoms with Crippen molar-refractivity contribution in [3.05, 3.63) is 48.6 Å². The fraction of sp³-hybridized carbons (Fsp3) is 0.639. The van der Waals surface area contributed by atoms with Gasteiger partial charge in [0.2, 0.25) is 0 Å². The van der Waals surface area contributed by atoms with E-state index in [1.165, 1.54) is 44.1 Å². The Morgan fingerprint density at radius 3 is 2.62 bits per heavy atom. The molecule has 2 aromatic heterocycles. The summed E-state index contributed by atoms with van der Waals surface area (Å²) in [5.74, 6) is 2.99. The Morgan fingerprint density at radius 2 is 1.85 bits per heavy atom. The molecule has 6 aliphatic rings. The Morgan fingerprint density at radius 1 is 1.00 bits per heavy atom. The predicted molar refractivity (Wildman–Crippen MR) is 175 cm³/mol. The van der Waals surface area contributed by atoms with E-state index < -0.39 is 0 Å². The van der Waals surface area contributed by atoms with Crippen LogP contribution in [0.4, 0.5) is 10.2 Å². The largest absolute Gasteiger partial charge is 0.434 e. The van der Waals surface area contributed by atoms with E-state index in [4.69, 9.17) is 9.47 Å². The zero-order chi connectivity index (χ0) is 31.8. The van der Waals surface area contributed by atoms with Crippen molar-refractivity contribution in [3.8, 4) is 22.8 Å². The molecule has 2 spiro atoms. The van der Waals surface area contributed by atoms with Crippen molar-refractivity contribution >= 4 is 5.82 Å². The molecule has 2 saturated carbocycles. The number of anilines is 1. The fourth-order valence-electron chi connectivity index (χ4n) is 9.50. The highest BCUT2D eigenvalue weighted by atomic mass is 19.1. The number of benzene rings is 1. The zero-order valence-corrected chi connectivity index (χ0v) is 27.5. The van der Waals surface area contributed by atoms with Crippen LogP contribution >= 0.6 is 0 Å². The minimum absolute atomic E-state index is 0.197. The van der Waals surface area contributed by atoms with E-state index in [0.717, 1.165) is 88.4 Å². The predicted octanol–water partition coefficient (Wildman–Crippen LogP) is 5.32. The van der Waals surface area contributed by atoms with Gasteiger partial charge in [-0.25, -0.2) is 19.3 Å². The van der Waals surface area contributed by atoms with Crippen LogP contribution in [0.15, 0.2) is 37.1 Å². The number of likely N-dealkylation sites (tertiary alicyclic amines) is 2. The highest BCUT2D eigenvalue weighted by molar-refractivity contribution is 5.73. The van der Waals surface area contributed by atoms with E-state index in [9.17, 15) is 4.39 Å². The Hall–Kier alpha value is -3.28. The molecule has 0 N–H and O–H groups in total. The van der Waals surface area contributed by atoms with Gasteiger partial charge in [0, 0.05) is 86.6 Å². The highest BCUT2D eigenvalue weighted by Gasteiger charge is 2.55. The van der Waals surface area contributed by atoms with Crippen molar-refractivity contribution in [2.24, 2.45) is 17.3 Å². The van der Waals surface area contributed by atoms with Crippen LogP contribution in [0.5, 0.6) is 11.6 Å². The lowest BCUT2D eigenvalue weighted by atomic mass is 9.67. The molecule has 0 bridgehead atoms. The topological polar surface area (TPSA) is 92.6 Å². The second-order valence-electron chi connectivity index (χ2n) is 15.7. The third kappa shape index (κ3) is 5.38. The van der Waals surface area contributed by atoms with Gasteiger partial charge in [-0.3, -0.25) is 9.80 Å². The van der Waals surface area contributed by atoms with Crippen molar-refractivity contribution in [1.29, 1.82) is 0 Å². The third-order valence-corrected chi connectivity index (χ3v) is 12.0. The number of nitrogens with zero attached hydrogens (tertiary/aromatic N) is 8. The molecule has 10 nitrogen and oxygen atoms in total. The van der Waals surface area contributed by atoms with Crippen molar-refractivity contribution in [3.63, 3.8) is 0 Å². The lowest BCUT2D eigenvalue weighted by molar-refractivity contribution is -0.154. The summed E-state index contributed by atoms with van der Waals surface area (Å²) in [6.45, 7) is 12.1. The normalized spacial score (nSPS) is 27.2. The average molecular weight is 641 g/mol. The van der Waals surface area contributed by atoms with Gasteiger partial charge in [-0.15, -0.1) is 10.2 Å². The van der Waals surface area contributed by atoms with E-state index in [1.54, 1.807) is 18.6 Å². The number of hydrogen-bond acceptors (Lipinski definition) is 10. The smallest absolute Gasteiger partial charge is 0.282 e. The molecule has 4 aliphatic heterocycles. The van der Waals surface area contributed by atoms with E-state index in [1.807, 2.05) is 0 Å². The molecule has 6 heterocycles. The van der Waals surface area contributed by atoms with Crippen molar-refractivity contribution in [2.45, 2.75) is 82.4 Å². The average Bonchev–Trinajstić information content (AvgIpc) is 3.57. The van der Waals surface area contributed by atoms with Crippen LogP contribution < -0.4 is 9.64 Å². The van der Waals surface area contributed by atoms with Crippen LogP contribution in [0.3, 0.4) is 0 Å². The summed E-state index contributed by atoms with van der Waals surface area (Å²) >= 11 is 0. The van der Waals surface area contributed by atoms with Crippen LogP contribution in [0.2, 0.25) is 0 Å². The van der Waals surface area contributed by atoms with Gasteiger partial charge in [-0.1, -0.05) is 13.8 Å². The molecule has 4 saturated heterocycles. The third-order valence-electron chi connectivity index (χ3n) is 12.0. The van der Waals surface area contributed by atoms with Crippen LogP contribution in [0.1, 0.15) is 70.4 Å². The summed E-state index contributed by atoms with van der Waals surface area (Å²) in [6.07, 6.45) is 13.2. The van der Waals surface area contributed by atoms with Crippen molar-refractivity contribution in [2.75, 3.05) is 50.8 Å². The van der Waals surface area contributed by atoms with Crippen molar-refractivity contribution in [1.82, 2.24) is 34.9 Å². The molecule has 248 valence electrons. The molecule has 2 aliphatic carbocycles. The second kappa shape index (κ2) is 11.4. The first-order valence-corrected chi connectivity index (χ1v) is 17.7. The van der Waals surface area contributed by atoms with Gasteiger partial charge in [0.25, 0.3) is 5.88 Å². The fourth-order valence-corrected chi connectivity index (χ4v) is 9.50. The monoisotopic (exact) mass is 640 g/mol. The summed E-state index contributed by atoms with van der Waals surface area (Å²) in [6, 6.07) is 5.95. The number of hydrogen-bond donors (Lipinski definition) is 0. The summed E-state index contributed by atoms with van der Waals surface area (Å²) < 4.78 is 27.1. The molecule has 11 heteroatoms. The van der Waals surface area contributed by atoms with Gasteiger partial charge in [0.05, 0.1) is 11.3 Å². The molecule has 3 aromatic rings. The maximum Gasteiger partial charge on any atom is 0.282 e. The van der Waals surface area contributed by atoms with Crippen LogP contribution in [0, 0.1) is 23.1 Å². The van der Waals surface area contributed by atoms with E-state index in [0.29, 0.717) is 40.9 Å². The summed E-state index contributed by atoms with van der Waals surface area (Å²) in [4.78, 5) is 21.2. The Bertz CT molecular complexity index is 1620. The first kappa shape index (κ1) is 29.8. The van der Waals surface area contributed by atoms with Crippen LogP contribution in [-0.2, 0) is 4.74 Å². The molecule has 1 atom stereocenters. The molecule has 0 unspecified atom stereocenters. The van der Waals surface area contributed by atoms with Gasteiger partial charge in [-0.05, 0) is 75.0 Å². The number of aromatic nitrogens is 5. The maximum absolute atomic E-state index is 14.6. The first-order chi connectivity index (χ1) is 22.9. The Balaban J connectivity index is 0.864. The standard InChI is InChI=1S/C36H45FN8O2/c1-23(2)32(25-12-27(13-25)44-19-36(20-44)8-3-11-46-36)45-17-35(18-45)9-10-43(16-35)33-34(42-41-22-40-33)47-30-7-6-26(37)14-28(30)29-15-38-21-39-31(29)24-4-5-24/h6-7,14-15,21-25,27,32H,3-5,8-13,16-20H2,1-2H3/t25?,27?,32-/m1/s1. The second-order valence-corrected chi connectivity index (χ2v) is 15.7. The molecule has 1 aromatic carbocycles. The first-order valence-electron chi connectivity index (χ1n) is 17.7. The summed E-state index contributed by atoms with van der Waals surface area (Å²) in [5, 5.41) is 8.45. The van der Waals surface area contributed by atoms with Crippen LogP contribution in [0.25, 0.3) is 11.1 Å². The highest BCUT2D eigenvalue weighted by Crippen LogP contribution is 2.50. The zero-order valence-electron chi connectivity index (χ0n) is 27.5. The molecular formula is C36H45FN8O2. The molecule has 47 heavy (non-hydrogen) atoms. The van der Waals surface area contributed by atoms with E-state index >= 15 is 0 Å². The maximum atomic E-state index is 14.6. The van der Waals surface area contributed by atoms with Gasteiger partial charge in [0.1, 0.15) is 24.2 Å².